The highest BCUT2D eigenvalue weighted by Gasteiger charge is 2.44. The van der Waals surface area contributed by atoms with Gasteiger partial charge in [0.05, 0.1) is 5.75 Å². The van der Waals surface area contributed by atoms with Crippen molar-refractivity contribution in [2.45, 2.75) is 18.0 Å². The second kappa shape index (κ2) is 9.13. The molecule has 1 aliphatic rings. The topological polar surface area (TPSA) is 61.4 Å². The summed E-state index contributed by atoms with van der Waals surface area (Å²) < 4.78 is 78.7. The van der Waals surface area contributed by atoms with E-state index in [0.29, 0.717) is 13.1 Å². The lowest BCUT2D eigenvalue weighted by molar-refractivity contribution is -0.182. The summed E-state index contributed by atoms with van der Waals surface area (Å²) in [6, 6.07) is 3.06. The highest BCUT2D eigenvalue weighted by molar-refractivity contribution is 7.88. The van der Waals surface area contributed by atoms with Crippen molar-refractivity contribution in [1.29, 1.82) is 0 Å². The van der Waals surface area contributed by atoms with Crippen molar-refractivity contribution >= 4 is 22.4 Å². The lowest BCUT2D eigenvalue weighted by atomic mass is 10.2. The van der Waals surface area contributed by atoms with Crippen LogP contribution in [0.4, 0.5) is 17.6 Å². The van der Waals surface area contributed by atoms with Gasteiger partial charge in [-0.25, -0.2) is 17.5 Å². The molecule has 0 aromatic heterocycles. The lowest BCUT2D eigenvalue weighted by Gasteiger charge is -2.35. The van der Waals surface area contributed by atoms with Crippen molar-refractivity contribution in [3.8, 4) is 0 Å². The molecule has 1 atom stereocenters. The maximum absolute atomic E-state index is 13.2. The zero-order valence-corrected chi connectivity index (χ0v) is 14.9. The van der Waals surface area contributed by atoms with Crippen molar-refractivity contribution in [3.63, 3.8) is 0 Å². The van der Waals surface area contributed by atoms with Crippen LogP contribution in [0.1, 0.15) is 5.56 Å². The first kappa shape index (κ1) is 22.1. The van der Waals surface area contributed by atoms with Gasteiger partial charge in [-0.1, -0.05) is 12.1 Å². The van der Waals surface area contributed by atoms with Gasteiger partial charge in [-0.15, -0.1) is 12.4 Å². The average Bonchev–Trinajstić information content (AvgIpc) is 2.46. The summed E-state index contributed by atoms with van der Waals surface area (Å²) >= 11 is 0. The normalized spacial score (nSPS) is 17.8. The van der Waals surface area contributed by atoms with Crippen LogP contribution in [0.5, 0.6) is 0 Å². The molecule has 5 nitrogen and oxygen atoms in total. The van der Waals surface area contributed by atoms with Crippen LogP contribution < -0.4 is 10.0 Å². The molecule has 0 bridgehead atoms. The Kier molecular flexibility index (Phi) is 8.07. The molecule has 25 heavy (non-hydrogen) atoms. The van der Waals surface area contributed by atoms with Gasteiger partial charge >= 0.3 is 6.18 Å². The van der Waals surface area contributed by atoms with E-state index in [1.807, 2.05) is 4.72 Å². The van der Waals surface area contributed by atoms with Crippen LogP contribution >= 0.6 is 12.4 Å². The number of sulfonamides is 1. The highest BCUT2D eigenvalue weighted by Crippen LogP contribution is 2.25. The van der Waals surface area contributed by atoms with Gasteiger partial charge in [-0.2, -0.15) is 13.2 Å². The molecule has 2 N–H and O–H groups in total. The summed E-state index contributed by atoms with van der Waals surface area (Å²) in [6.07, 6.45) is -4.54. The number of piperazine rings is 1. The van der Waals surface area contributed by atoms with Crippen molar-refractivity contribution in [2.75, 3.05) is 32.7 Å². The molecule has 1 aromatic carbocycles. The lowest BCUT2D eigenvalue weighted by Crippen LogP contribution is -2.57. The Balaban J connectivity index is 0.00000312. The molecule has 1 aromatic rings. The van der Waals surface area contributed by atoms with E-state index in [2.05, 4.69) is 5.32 Å². The van der Waals surface area contributed by atoms with Gasteiger partial charge in [0, 0.05) is 32.7 Å². The molecular formula is C14H20ClF4N3O2S. The third-order valence-corrected chi connectivity index (χ3v) is 5.03. The molecule has 1 heterocycles. The fourth-order valence-electron chi connectivity index (χ4n) is 2.55. The Morgan fingerprint density at radius 1 is 1.24 bits per heavy atom. The van der Waals surface area contributed by atoms with Gasteiger partial charge in [-0.3, -0.25) is 4.90 Å². The fraction of sp³-hybridized carbons (Fsp3) is 0.571. The Hall–Kier alpha value is -0.940. The van der Waals surface area contributed by atoms with Crippen LogP contribution in [0.25, 0.3) is 0 Å². The molecule has 1 saturated heterocycles. The molecular weight excluding hydrogens is 386 g/mol. The molecule has 1 aliphatic heterocycles. The molecule has 2 rings (SSSR count). The summed E-state index contributed by atoms with van der Waals surface area (Å²) in [7, 11) is -4.00. The van der Waals surface area contributed by atoms with Crippen molar-refractivity contribution < 1.29 is 26.0 Å². The minimum absolute atomic E-state index is 0. The van der Waals surface area contributed by atoms with Crippen LogP contribution in [0.15, 0.2) is 24.3 Å². The molecule has 1 unspecified atom stereocenters. The quantitative estimate of drug-likeness (QED) is 0.704. The number of halogens is 5. The Labute approximate surface area is 150 Å². The van der Waals surface area contributed by atoms with E-state index >= 15 is 0 Å². The number of hydrogen-bond donors (Lipinski definition) is 2. The molecule has 0 amide bonds. The van der Waals surface area contributed by atoms with E-state index in [4.69, 9.17) is 0 Å². The smallest absolute Gasteiger partial charge is 0.314 e. The van der Waals surface area contributed by atoms with Gasteiger partial charge in [0.2, 0.25) is 10.0 Å². The first-order chi connectivity index (χ1) is 11.2. The van der Waals surface area contributed by atoms with E-state index < -0.39 is 40.4 Å². The van der Waals surface area contributed by atoms with E-state index in [9.17, 15) is 26.0 Å². The Bertz CT molecular complexity index is 652. The van der Waals surface area contributed by atoms with Crippen molar-refractivity contribution in [2.24, 2.45) is 0 Å². The minimum Gasteiger partial charge on any atom is -0.314 e. The molecule has 144 valence electrons. The average molecular weight is 406 g/mol. The predicted octanol–water partition coefficient (Wildman–Crippen LogP) is 1.50. The number of rotatable bonds is 6. The number of alkyl halides is 3. The molecule has 0 radical (unpaired) electrons. The van der Waals surface area contributed by atoms with Gasteiger partial charge in [0.1, 0.15) is 11.9 Å². The standard InChI is InChI=1S/C14H19F4N3O2S.ClH/c15-12-3-1-2-11(8-12)10-24(22,23)20-9-13(14(16,17)18)21-6-4-19-5-7-21;/h1-3,8,13,19-20H,4-7,9-10H2;1H. The van der Waals surface area contributed by atoms with Crippen LogP contribution in [-0.2, 0) is 15.8 Å². The van der Waals surface area contributed by atoms with Gasteiger partial charge < -0.3 is 5.32 Å². The first-order valence-electron chi connectivity index (χ1n) is 7.41. The van der Waals surface area contributed by atoms with Crippen molar-refractivity contribution in [1.82, 2.24) is 14.9 Å². The van der Waals surface area contributed by atoms with Crippen LogP contribution in [0.2, 0.25) is 0 Å². The summed E-state index contributed by atoms with van der Waals surface area (Å²) in [5.74, 6) is -1.17. The third kappa shape index (κ3) is 7.06. The van der Waals surface area contributed by atoms with Crippen LogP contribution in [0, 0.1) is 5.82 Å². The second-order valence-electron chi connectivity index (χ2n) is 5.58. The van der Waals surface area contributed by atoms with E-state index in [-0.39, 0.29) is 31.1 Å². The van der Waals surface area contributed by atoms with Crippen LogP contribution in [-0.4, -0.2) is 58.3 Å². The minimum atomic E-state index is -4.54. The fourth-order valence-corrected chi connectivity index (χ4v) is 3.68. The van der Waals surface area contributed by atoms with E-state index in [0.717, 1.165) is 12.1 Å². The number of nitrogens with one attached hydrogen (secondary N) is 2. The highest BCUT2D eigenvalue weighted by atomic mass is 35.5. The maximum Gasteiger partial charge on any atom is 0.405 e. The molecule has 0 spiro atoms. The monoisotopic (exact) mass is 405 g/mol. The summed E-state index contributed by atoms with van der Waals surface area (Å²) in [5, 5.41) is 2.95. The van der Waals surface area contributed by atoms with Gasteiger partial charge in [0.15, 0.2) is 0 Å². The summed E-state index contributed by atoms with van der Waals surface area (Å²) in [6.45, 7) is 0.456. The number of hydrogen-bond acceptors (Lipinski definition) is 4. The second-order valence-corrected chi connectivity index (χ2v) is 7.39. The summed E-state index contributed by atoms with van der Waals surface area (Å²) in [5.41, 5.74) is 0.174. The number of nitrogens with zero attached hydrogens (tertiary/aromatic N) is 1. The number of benzene rings is 1. The Morgan fingerprint density at radius 3 is 2.44 bits per heavy atom. The molecule has 1 fully saturated rings. The third-order valence-electron chi connectivity index (χ3n) is 3.71. The van der Waals surface area contributed by atoms with Crippen LogP contribution in [0.3, 0.4) is 0 Å². The Morgan fingerprint density at radius 2 is 1.88 bits per heavy atom. The zero-order chi connectivity index (χ0) is 17.8. The SMILES string of the molecule is Cl.O=S(=O)(Cc1cccc(F)c1)NCC(N1CCNCC1)C(F)(F)F. The van der Waals surface area contributed by atoms with Gasteiger partial charge in [-0.05, 0) is 17.7 Å². The zero-order valence-electron chi connectivity index (χ0n) is 13.2. The van der Waals surface area contributed by atoms with E-state index in [1.54, 1.807) is 0 Å². The van der Waals surface area contributed by atoms with E-state index in [1.165, 1.54) is 17.0 Å². The molecule has 0 aliphatic carbocycles. The van der Waals surface area contributed by atoms with Gasteiger partial charge in [0.25, 0.3) is 0 Å². The molecule has 11 heteroatoms. The molecule has 0 saturated carbocycles. The first-order valence-corrected chi connectivity index (χ1v) is 9.06. The largest absolute Gasteiger partial charge is 0.405 e. The summed E-state index contributed by atoms with van der Waals surface area (Å²) in [4.78, 5) is 1.21. The predicted molar refractivity (Wildman–Crippen MR) is 88.6 cm³/mol. The maximum atomic E-state index is 13.2. The van der Waals surface area contributed by atoms with Crippen molar-refractivity contribution in [3.05, 3.63) is 35.6 Å².